The third-order valence-electron chi connectivity index (χ3n) is 1.28. The minimum Gasteiger partial charge on any atom is -0.324 e. The molecule has 48 valence electrons. The number of benzene rings is 1. The van der Waals surface area contributed by atoms with Crippen LogP contribution < -0.4 is 5.72 Å². The van der Waals surface area contributed by atoms with Crippen molar-refractivity contribution in [1.82, 2.24) is 0 Å². The summed E-state index contributed by atoms with van der Waals surface area (Å²) in [7, 11) is 0. The lowest BCUT2D eigenvalue weighted by atomic mass is 10.1. The first-order valence-electron chi connectivity index (χ1n) is 3.93. The van der Waals surface area contributed by atoms with Crippen molar-refractivity contribution in [2.24, 2.45) is 5.72 Å². The highest BCUT2D eigenvalue weighted by Gasteiger charge is 1.93. The van der Waals surface area contributed by atoms with E-state index in [-0.39, 0.29) is 6.04 Å². The second-order valence-electron chi connectivity index (χ2n) is 2.09. The summed E-state index contributed by atoms with van der Waals surface area (Å²) in [5.74, 6) is 0. The van der Waals surface area contributed by atoms with E-state index in [1.807, 2.05) is 37.3 Å². The van der Waals surface area contributed by atoms with Gasteiger partial charge in [0.15, 0.2) is 0 Å². The Hall–Kier alpha value is -0.820. The SMILES string of the molecule is [2H]N([2H])[C@H](C)c1ccccc1. The Morgan fingerprint density at radius 3 is 2.67 bits per heavy atom. The Balaban J connectivity index is 2.77. The Kier molecular flexibility index (Phi) is 1.20. The minimum absolute atomic E-state index is 0.156. The van der Waals surface area contributed by atoms with Gasteiger partial charge in [-0.25, -0.2) is 0 Å². The number of hydrogen-bond acceptors (Lipinski definition) is 1. The zero-order valence-electron chi connectivity index (χ0n) is 7.41. The zero-order valence-corrected chi connectivity index (χ0v) is 5.41. The van der Waals surface area contributed by atoms with E-state index in [1.165, 1.54) is 0 Å². The van der Waals surface area contributed by atoms with Crippen molar-refractivity contribution < 1.29 is 2.82 Å². The van der Waals surface area contributed by atoms with Gasteiger partial charge in [0.1, 0.15) is 2.82 Å². The first-order valence-corrected chi connectivity index (χ1v) is 3.03. The molecule has 1 rings (SSSR count). The fourth-order valence-corrected chi connectivity index (χ4v) is 0.732. The maximum atomic E-state index is 7.02. The van der Waals surface area contributed by atoms with Crippen LogP contribution in [0.3, 0.4) is 0 Å². The molecule has 0 spiro atoms. The lowest BCUT2D eigenvalue weighted by Crippen LogP contribution is -2.03. The molecule has 0 aromatic heterocycles. The topological polar surface area (TPSA) is 26.0 Å². The van der Waals surface area contributed by atoms with Crippen LogP contribution in [0.2, 0.25) is 2.82 Å². The molecule has 0 aliphatic carbocycles. The first kappa shape index (κ1) is 4.07. The maximum Gasteiger partial charge on any atom is 0.119 e. The molecule has 0 aliphatic rings. The van der Waals surface area contributed by atoms with Gasteiger partial charge in [0.2, 0.25) is 0 Å². The highest BCUT2D eigenvalue weighted by atomic mass is 14.6. The molecule has 1 heteroatoms. The van der Waals surface area contributed by atoms with E-state index in [9.17, 15) is 0 Å². The van der Waals surface area contributed by atoms with Crippen molar-refractivity contribution in [3.63, 3.8) is 0 Å². The van der Waals surface area contributed by atoms with Crippen molar-refractivity contribution in [3.8, 4) is 0 Å². The van der Waals surface area contributed by atoms with Gasteiger partial charge in [-0.15, -0.1) is 0 Å². The first-order chi connectivity index (χ1) is 5.22. The molecular formula is C8H11N. The summed E-state index contributed by atoms with van der Waals surface area (Å²) in [5, 5.41) is 0. The van der Waals surface area contributed by atoms with Crippen molar-refractivity contribution >= 4 is 0 Å². The van der Waals surface area contributed by atoms with Gasteiger partial charge in [-0.3, -0.25) is 0 Å². The molecule has 0 saturated heterocycles. The van der Waals surface area contributed by atoms with Gasteiger partial charge in [0, 0.05) is 6.04 Å². The lowest BCUT2D eigenvalue weighted by Gasteiger charge is -2.02. The monoisotopic (exact) mass is 123 g/mol. The molecule has 0 unspecified atom stereocenters. The predicted octanol–water partition coefficient (Wildman–Crippen LogP) is 1.71. The molecule has 1 nitrogen and oxygen atoms in total. The Morgan fingerprint density at radius 1 is 1.44 bits per heavy atom. The predicted molar refractivity (Wildman–Crippen MR) is 39.0 cm³/mol. The van der Waals surface area contributed by atoms with E-state index in [4.69, 9.17) is 2.82 Å². The molecule has 0 amide bonds. The zero-order chi connectivity index (χ0) is 8.27. The highest BCUT2D eigenvalue weighted by Crippen LogP contribution is 2.06. The van der Waals surface area contributed by atoms with E-state index in [0.29, 0.717) is 5.72 Å². The molecule has 0 saturated carbocycles. The number of nitrogens with two attached hydrogens (primary N) is 1. The smallest absolute Gasteiger partial charge is 0.119 e. The van der Waals surface area contributed by atoms with Crippen LogP contribution in [0.5, 0.6) is 0 Å². The highest BCUT2D eigenvalue weighted by molar-refractivity contribution is 5.17. The van der Waals surface area contributed by atoms with Gasteiger partial charge in [-0.1, -0.05) is 30.3 Å². The number of rotatable bonds is 2. The Morgan fingerprint density at radius 2 is 2.11 bits per heavy atom. The van der Waals surface area contributed by atoms with Crippen molar-refractivity contribution in [1.29, 1.82) is 0 Å². The van der Waals surface area contributed by atoms with Crippen LogP contribution in [-0.4, -0.2) is 0 Å². The molecular weight excluding hydrogens is 110 g/mol. The summed E-state index contributed by atoms with van der Waals surface area (Å²) < 4.78 is 14.0. The van der Waals surface area contributed by atoms with Gasteiger partial charge in [0.05, 0.1) is 0 Å². The third kappa shape index (κ3) is 1.54. The molecule has 1 aromatic rings. The molecule has 0 fully saturated rings. The Bertz CT molecular complexity index is 211. The second-order valence-corrected chi connectivity index (χ2v) is 2.09. The molecule has 0 radical (unpaired) electrons. The standard InChI is InChI=1S/C8H11N/c1-7(9)8-5-3-2-4-6-8/h2-7H,9H2,1H3/t7-/m1/s1/i/hD2. The summed E-state index contributed by atoms with van der Waals surface area (Å²) in [6.07, 6.45) is 0. The molecule has 9 heavy (non-hydrogen) atoms. The van der Waals surface area contributed by atoms with Crippen LogP contribution in [0.25, 0.3) is 0 Å². The summed E-state index contributed by atoms with van der Waals surface area (Å²) in [5.41, 5.74) is 1.70. The molecule has 2 N–H and O–H groups in total. The van der Waals surface area contributed by atoms with Crippen LogP contribution in [0.4, 0.5) is 0 Å². The van der Waals surface area contributed by atoms with Crippen molar-refractivity contribution in [2.45, 2.75) is 13.0 Å². The number of hydrogen-bond donors (Lipinski definition) is 1. The summed E-state index contributed by atoms with van der Waals surface area (Å²) in [6.45, 7) is 1.83. The van der Waals surface area contributed by atoms with Gasteiger partial charge >= 0.3 is 0 Å². The normalized spacial score (nSPS) is 16.7. The van der Waals surface area contributed by atoms with Crippen LogP contribution >= 0.6 is 0 Å². The van der Waals surface area contributed by atoms with Crippen LogP contribution in [0, 0.1) is 0 Å². The quantitative estimate of drug-likeness (QED) is 0.636. The maximum absolute atomic E-state index is 7.02. The molecule has 0 heterocycles. The average Bonchev–Trinajstić information content (AvgIpc) is 2.05. The van der Waals surface area contributed by atoms with Gasteiger partial charge in [-0.05, 0) is 12.5 Å². The van der Waals surface area contributed by atoms with Crippen LogP contribution in [-0.2, 0) is 0 Å². The Labute approximate surface area is 58.4 Å². The summed E-state index contributed by atoms with van der Waals surface area (Å²) in [4.78, 5) is 0. The van der Waals surface area contributed by atoms with Gasteiger partial charge < -0.3 is 5.72 Å². The van der Waals surface area contributed by atoms with Crippen molar-refractivity contribution in [3.05, 3.63) is 35.9 Å². The van der Waals surface area contributed by atoms with E-state index in [2.05, 4.69) is 0 Å². The van der Waals surface area contributed by atoms with Gasteiger partial charge in [-0.2, -0.15) is 0 Å². The second kappa shape index (κ2) is 2.65. The molecule has 0 bridgehead atoms. The lowest BCUT2D eigenvalue weighted by molar-refractivity contribution is 0.818. The van der Waals surface area contributed by atoms with E-state index in [0.717, 1.165) is 5.56 Å². The van der Waals surface area contributed by atoms with Gasteiger partial charge in [0.25, 0.3) is 0 Å². The third-order valence-corrected chi connectivity index (χ3v) is 1.28. The fourth-order valence-electron chi connectivity index (χ4n) is 0.732. The van der Waals surface area contributed by atoms with Crippen LogP contribution in [0.15, 0.2) is 30.3 Å². The van der Waals surface area contributed by atoms with E-state index >= 15 is 0 Å². The fraction of sp³-hybridized carbons (Fsp3) is 0.250. The molecule has 0 aliphatic heterocycles. The summed E-state index contributed by atoms with van der Waals surface area (Å²) in [6, 6.07) is 9.43. The van der Waals surface area contributed by atoms with Crippen molar-refractivity contribution in [2.75, 3.05) is 0 Å². The van der Waals surface area contributed by atoms with Crippen LogP contribution in [0.1, 0.15) is 18.5 Å². The van der Waals surface area contributed by atoms with E-state index in [1.54, 1.807) is 0 Å². The minimum atomic E-state index is -0.156. The molecule has 1 atom stereocenters. The largest absolute Gasteiger partial charge is 0.324 e. The summed E-state index contributed by atoms with van der Waals surface area (Å²) >= 11 is 0. The molecule has 1 aromatic carbocycles. The average molecular weight is 123 g/mol. The van der Waals surface area contributed by atoms with E-state index < -0.39 is 0 Å².